The van der Waals surface area contributed by atoms with Gasteiger partial charge in [0.25, 0.3) is 0 Å². The molecule has 3 heterocycles. The van der Waals surface area contributed by atoms with E-state index in [0.717, 1.165) is 22.4 Å². The number of carbonyl (C=O) groups is 2. The maximum atomic E-state index is 13.7. The summed E-state index contributed by atoms with van der Waals surface area (Å²) < 4.78 is 1.77. The van der Waals surface area contributed by atoms with E-state index >= 15 is 0 Å². The predicted molar refractivity (Wildman–Crippen MR) is 104 cm³/mol. The molecule has 0 bridgehead atoms. The maximum absolute atomic E-state index is 13.7. The largest absolute Gasteiger partial charge is 0.311 e. The molecule has 0 unspecified atom stereocenters. The van der Waals surface area contributed by atoms with Crippen LogP contribution in [0.4, 0.5) is 11.5 Å². The monoisotopic (exact) mass is 362 g/mol. The van der Waals surface area contributed by atoms with Crippen molar-refractivity contribution in [1.82, 2.24) is 9.78 Å². The summed E-state index contributed by atoms with van der Waals surface area (Å²) in [4.78, 5) is 28.0. The Bertz CT molecular complexity index is 1020. The molecule has 138 valence electrons. The van der Waals surface area contributed by atoms with Gasteiger partial charge in [-0.05, 0) is 38.8 Å². The molecule has 2 aromatic rings. The quantitative estimate of drug-likeness (QED) is 0.793. The molecule has 0 saturated heterocycles. The van der Waals surface area contributed by atoms with Crippen LogP contribution in [0.25, 0.3) is 0 Å². The van der Waals surface area contributed by atoms with Gasteiger partial charge in [0.05, 0.1) is 24.0 Å². The van der Waals surface area contributed by atoms with Crippen molar-refractivity contribution in [3.05, 3.63) is 41.1 Å². The topological polar surface area (TPSA) is 67.2 Å². The molecule has 1 N–H and O–H groups in total. The highest BCUT2D eigenvalue weighted by atomic mass is 16.2. The van der Waals surface area contributed by atoms with E-state index in [4.69, 9.17) is 6.42 Å². The zero-order valence-electron chi connectivity index (χ0n) is 16.0. The van der Waals surface area contributed by atoms with Crippen LogP contribution >= 0.6 is 0 Å². The van der Waals surface area contributed by atoms with Gasteiger partial charge in [-0.1, -0.05) is 24.1 Å². The molecule has 4 rings (SSSR count). The van der Waals surface area contributed by atoms with E-state index in [1.807, 2.05) is 45.9 Å². The summed E-state index contributed by atoms with van der Waals surface area (Å²) in [6, 6.07) is 5.80. The summed E-state index contributed by atoms with van der Waals surface area (Å²) in [7, 11) is 0. The molecule has 2 aliphatic rings. The SMILES string of the molecule is C#CCN1C(=O)[C@]2(CC(=O)Nc3c2cnn3C(C)(C)C)c2cccc(C)c21. The summed E-state index contributed by atoms with van der Waals surface area (Å²) in [6.45, 7) is 8.15. The third-order valence-electron chi connectivity index (χ3n) is 5.38. The van der Waals surface area contributed by atoms with Gasteiger partial charge in [0.2, 0.25) is 11.8 Å². The van der Waals surface area contributed by atoms with Crippen molar-refractivity contribution in [2.24, 2.45) is 0 Å². The average molecular weight is 362 g/mol. The number of carbonyl (C=O) groups excluding carboxylic acids is 2. The van der Waals surface area contributed by atoms with Crippen molar-refractivity contribution in [2.75, 3.05) is 16.8 Å². The summed E-state index contributed by atoms with van der Waals surface area (Å²) in [5, 5.41) is 7.44. The molecule has 1 atom stereocenters. The number of amides is 2. The summed E-state index contributed by atoms with van der Waals surface area (Å²) >= 11 is 0. The number of benzene rings is 1. The van der Waals surface area contributed by atoms with Crippen LogP contribution in [-0.4, -0.2) is 28.1 Å². The molecule has 0 fully saturated rings. The number of nitrogens with one attached hydrogen (secondary N) is 1. The zero-order chi connectivity index (χ0) is 19.6. The van der Waals surface area contributed by atoms with Crippen molar-refractivity contribution in [1.29, 1.82) is 0 Å². The van der Waals surface area contributed by atoms with Crippen LogP contribution in [0.15, 0.2) is 24.4 Å². The smallest absolute Gasteiger partial charge is 0.243 e. The standard InChI is InChI=1S/C21H22N4O2/c1-6-10-24-17-13(2)8-7-9-14(17)21(19(24)27)11-16(26)23-18-15(21)12-22-25(18)20(3,4)5/h1,7-9,12H,10-11H2,2-5H3,(H,23,26)/t21-/m1/s1. The highest BCUT2D eigenvalue weighted by Crippen LogP contribution is 2.53. The van der Waals surface area contributed by atoms with E-state index in [9.17, 15) is 9.59 Å². The number of hydrogen-bond acceptors (Lipinski definition) is 3. The van der Waals surface area contributed by atoms with E-state index < -0.39 is 5.41 Å². The molecule has 2 amide bonds. The minimum Gasteiger partial charge on any atom is -0.311 e. The first-order valence-electron chi connectivity index (χ1n) is 8.96. The normalized spacial score (nSPS) is 21.1. The van der Waals surface area contributed by atoms with Crippen LogP contribution in [0.5, 0.6) is 0 Å². The van der Waals surface area contributed by atoms with Crippen LogP contribution in [-0.2, 0) is 20.5 Å². The van der Waals surface area contributed by atoms with Gasteiger partial charge in [-0.3, -0.25) is 14.5 Å². The Kier molecular flexibility index (Phi) is 3.51. The highest BCUT2D eigenvalue weighted by Gasteiger charge is 2.57. The summed E-state index contributed by atoms with van der Waals surface area (Å²) in [6.07, 6.45) is 7.30. The third-order valence-corrected chi connectivity index (χ3v) is 5.38. The van der Waals surface area contributed by atoms with Crippen molar-refractivity contribution in [3.63, 3.8) is 0 Å². The molecule has 0 saturated carbocycles. The van der Waals surface area contributed by atoms with Crippen LogP contribution in [0.1, 0.15) is 43.9 Å². The number of nitrogens with zero attached hydrogens (tertiary/aromatic N) is 3. The van der Waals surface area contributed by atoms with Gasteiger partial charge in [-0.2, -0.15) is 5.10 Å². The fraction of sp³-hybridized carbons (Fsp3) is 0.381. The summed E-state index contributed by atoms with van der Waals surface area (Å²) in [5.41, 5.74) is 1.91. The molecule has 6 heteroatoms. The number of terminal acetylenes is 1. The van der Waals surface area contributed by atoms with Crippen LogP contribution in [0, 0.1) is 19.3 Å². The lowest BCUT2D eigenvalue weighted by molar-refractivity contribution is -0.126. The Balaban J connectivity index is 2.05. The van der Waals surface area contributed by atoms with Crippen LogP contribution in [0.3, 0.4) is 0 Å². The van der Waals surface area contributed by atoms with Gasteiger partial charge in [-0.25, -0.2) is 4.68 Å². The number of aromatic nitrogens is 2. The first-order chi connectivity index (χ1) is 12.7. The Hall–Kier alpha value is -3.07. The highest BCUT2D eigenvalue weighted by molar-refractivity contribution is 6.16. The second-order valence-electron chi connectivity index (χ2n) is 8.19. The number of rotatable bonds is 1. The van der Waals surface area contributed by atoms with Crippen molar-refractivity contribution in [2.45, 2.75) is 45.1 Å². The first-order valence-corrected chi connectivity index (χ1v) is 8.96. The van der Waals surface area contributed by atoms with E-state index in [1.54, 1.807) is 15.8 Å². The molecule has 1 spiro atoms. The van der Waals surface area contributed by atoms with Gasteiger partial charge in [0, 0.05) is 12.0 Å². The van der Waals surface area contributed by atoms with Gasteiger partial charge < -0.3 is 5.32 Å². The van der Waals surface area contributed by atoms with Crippen LogP contribution < -0.4 is 10.2 Å². The second kappa shape index (κ2) is 5.46. The predicted octanol–water partition coefficient (Wildman–Crippen LogP) is 2.55. The van der Waals surface area contributed by atoms with E-state index in [-0.39, 0.29) is 30.3 Å². The van der Waals surface area contributed by atoms with Crippen molar-refractivity contribution in [3.8, 4) is 12.3 Å². The third kappa shape index (κ3) is 2.18. The van der Waals surface area contributed by atoms with E-state index in [1.165, 1.54) is 0 Å². The van der Waals surface area contributed by atoms with E-state index in [2.05, 4.69) is 16.3 Å². The Morgan fingerprint density at radius 3 is 2.70 bits per heavy atom. The lowest BCUT2D eigenvalue weighted by Gasteiger charge is -2.33. The lowest BCUT2D eigenvalue weighted by Crippen LogP contribution is -2.47. The second-order valence-corrected chi connectivity index (χ2v) is 8.19. The zero-order valence-corrected chi connectivity index (χ0v) is 16.0. The van der Waals surface area contributed by atoms with E-state index in [0.29, 0.717) is 5.82 Å². The molecular weight excluding hydrogens is 340 g/mol. The van der Waals surface area contributed by atoms with Crippen molar-refractivity contribution < 1.29 is 9.59 Å². The molecule has 0 aliphatic carbocycles. The average Bonchev–Trinajstić information content (AvgIpc) is 3.10. The Morgan fingerprint density at radius 2 is 2.04 bits per heavy atom. The first kappa shape index (κ1) is 17.3. The van der Waals surface area contributed by atoms with Crippen molar-refractivity contribution >= 4 is 23.3 Å². The molecule has 0 radical (unpaired) electrons. The van der Waals surface area contributed by atoms with Gasteiger partial charge in [0.15, 0.2) is 0 Å². The number of hydrogen-bond donors (Lipinski definition) is 1. The van der Waals surface area contributed by atoms with Gasteiger partial charge in [0.1, 0.15) is 11.2 Å². The lowest BCUT2D eigenvalue weighted by atomic mass is 9.71. The minimum absolute atomic E-state index is 0.0478. The molecular formula is C21H22N4O2. The van der Waals surface area contributed by atoms with Gasteiger partial charge in [-0.15, -0.1) is 6.42 Å². The minimum atomic E-state index is -1.08. The molecule has 1 aromatic heterocycles. The Morgan fingerprint density at radius 1 is 1.30 bits per heavy atom. The number of fused-ring (bicyclic) bond motifs is 4. The number of para-hydroxylation sites is 1. The fourth-order valence-electron chi connectivity index (χ4n) is 4.28. The fourth-order valence-corrected chi connectivity index (χ4v) is 4.28. The maximum Gasteiger partial charge on any atom is 0.243 e. The number of anilines is 2. The molecule has 6 nitrogen and oxygen atoms in total. The molecule has 1 aromatic carbocycles. The molecule has 27 heavy (non-hydrogen) atoms. The molecule has 2 aliphatic heterocycles. The van der Waals surface area contributed by atoms with Crippen LogP contribution in [0.2, 0.25) is 0 Å². The Labute approximate surface area is 158 Å². The number of aryl methyl sites for hydroxylation is 1. The van der Waals surface area contributed by atoms with Gasteiger partial charge >= 0.3 is 0 Å². The summed E-state index contributed by atoms with van der Waals surface area (Å²) in [5.74, 6) is 2.81.